The molecule has 29 heavy (non-hydrogen) atoms. The molecular formula is C21H20FN3O4. The van der Waals surface area contributed by atoms with E-state index in [0.29, 0.717) is 35.8 Å². The van der Waals surface area contributed by atoms with Crippen LogP contribution < -0.4 is 5.32 Å². The smallest absolute Gasteiger partial charge is 0.306 e. The molecule has 1 amide bonds. The van der Waals surface area contributed by atoms with Crippen LogP contribution in [0.2, 0.25) is 0 Å². The first-order valence-corrected chi connectivity index (χ1v) is 9.15. The standard InChI is InChI=1S/C21H20FN3O4/c1-14(21(27)23-17-6-3-2-4-7-17)28-19(26)9-5-8-18-24-20(25-29-18)15-10-12-16(22)13-11-15/h2-4,6-7,10-14H,5,8-9H2,1H3,(H,23,27). The molecule has 1 N–H and O–H groups in total. The van der Waals surface area contributed by atoms with Gasteiger partial charge in [0.25, 0.3) is 5.91 Å². The van der Waals surface area contributed by atoms with Gasteiger partial charge in [-0.1, -0.05) is 23.4 Å². The van der Waals surface area contributed by atoms with Gasteiger partial charge in [0.15, 0.2) is 6.10 Å². The number of aromatic nitrogens is 2. The van der Waals surface area contributed by atoms with Crippen molar-refractivity contribution in [1.29, 1.82) is 0 Å². The van der Waals surface area contributed by atoms with Crippen molar-refractivity contribution >= 4 is 17.6 Å². The molecule has 0 aliphatic rings. The van der Waals surface area contributed by atoms with Gasteiger partial charge in [0, 0.05) is 24.1 Å². The summed E-state index contributed by atoms with van der Waals surface area (Å²) in [5.74, 6) is -0.507. The number of carbonyl (C=O) groups excluding carboxylic acids is 2. The van der Waals surface area contributed by atoms with Gasteiger partial charge in [-0.05, 0) is 49.7 Å². The lowest BCUT2D eigenvalue weighted by Gasteiger charge is -2.13. The third-order valence-electron chi connectivity index (χ3n) is 4.06. The molecule has 0 aliphatic carbocycles. The van der Waals surface area contributed by atoms with Gasteiger partial charge in [0.2, 0.25) is 11.7 Å². The van der Waals surface area contributed by atoms with Crippen LogP contribution >= 0.6 is 0 Å². The van der Waals surface area contributed by atoms with Crippen molar-refractivity contribution in [1.82, 2.24) is 10.1 Å². The number of halogens is 1. The van der Waals surface area contributed by atoms with Gasteiger partial charge in [-0.3, -0.25) is 9.59 Å². The number of amides is 1. The zero-order valence-electron chi connectivity index (χ0n) is 15.8. The third kappa shape index (κ3) is 5.97. The number of rotatable bonds is 8. The second kappa shape index (κ2) is 9.59. The van der Waals surface area contributed by atoms with E-state index in [1.165, 1.54) is 19.1 Å². The molecule has 0 spiro atoms. The first-order valence-electron chi connectivity index (χ1n) is 9.15. The molecule has 0 saturated carbocycles. The molecule has 150 valence electrons. The Morgan fingerprint density at radius 3 is 2.59 bits per heavy atom. The molecule has 0 aliphatic heterocycles. The highest BCUT2D eigenvalue weighted by Gasteiger charge is 2.18. The van der Waals surface area contributed by atoms with E-state index in [1.54, 1.807) is 36.4 Å². The SMILES string of the molecule is CC(OC(=O)CCCc1nc(-c2ccc(F)cc2)no1)C(=O)Nc1ccccc1. The van der Waals surface area contributed by atoms with Gasteiger partial charge in [0.05, 0.1) is 0 Å². The Labute approximate surface area is 166 Å². The number of para-hydroxylation sites is 1. The molecule has 0 radical (unpaired) electrons. The number of nitrogens with zero attached hydrogens (tertiary/aromatic N) is 2. The van der Waals surface area contributed by atoms with Crippen molar-refractivity contribution in [3.8, 4) is 11.4 Å². The molecule has 0 saturated heterocycles. The second-order valence-corrected chi connectivity index (χ2v) is 6.36. The number of hydrogen-bond acceptors (Lipinski definition) is 6. The van der Waals surface area contributed by atoms with Crippen LogP contribution in [-0.4, -0.2) is 28.1 Å². The van der Waals surface area contributed by atoms with Crippen LogP contribution in [0.5, 0.6) is 0 Å². The lowest BCUT2D eigenvalue weighted by molar-refractivity contribution is -0.153. The Hall–Kier alpha value is -3.55. The number of ether oxygens (including phenoxy) is 1. The fourth-order valence-electron chi connectivity index (χ4n) is 2.53. The Bertz CT molecular complexity index is 958. The number of carbonyl (C=O) groups is 2. The van der Waals surface area contributed by atoms with E-state index in [9.17, 15) is 14.0 Å². The van der Waals surface area contributed by atoms with Crippen LogP contribution in [0.3, 0.4) is 0 Å². The van der Waals surface area contributed by atoms with Gasteiger partial charge < -0.3 is 14.6 Å². The normalized spacial score (nSPS) is 11.7. The number of hydrogen-bond donors (Lipinski definition) is 1. The molecule has 2 aromatic carbocycles. The number of esters is 1. The van der Waals surface area contributed by atoms with Crippen LogP contribution in [0.15, 0.2) is 59.1 Å². The maximum atomic E-state index is 13.0. The molecule has 1 aromatic heterocycles. The number of benzene rings is 2. The van der Waals surface area contributed by atoms with E-state index in [-0.39, 0.29) is 12.2 Å². The highest BCUT2D eigenvalue weighted by molar-refractivity contribution is 5.95. The fraction of sp³-hybridized carbons (Fsp3) is 0.238. The van der Waals surface area contributed by atoms with Crippen molar-refractivity contribution in [3.05, 3.63) is 66.3 Å². The largest absolute Gasteiger partial charge is 0.453 e. The maximum absolute atomic E-state index is 13.0. The summed E-state index contributed by atoms with van der Waals surface area (Å²) >= 11 is 0. The zero-order chi connectivity index (χ0) is 20.6. The van der Waals surface area contributed by atoms with Crippen molar-refractivity contribution in [3.63, 3.8) is 0 Å². The summed E-state index contributed by atoms with van der Waals surface area (Å²) in [7, 11) is 0. The summed E-state index contributed by atoms with van der Waals surface area (Å²) in [6.07, 6.45) is 0.0124. The minimum atomic E-state index is -0.906. The summed E-state index contributed by atoms with van der Waals surface area (Å²) < 4.78 is 23.3. The molecule has 1 heterocycles. The molecule has 3 rings (SSSR count). The maximum Gasteiger partial charge on any atom is 0.306 e. The number of aryl methyl sites for hydroxylation is 1. The zero-order valence-corrected chi connectivity index (χ0v) is 15.8. The van der Waals surface area contributed by atoms with Crippen LogP contribution in [0.4, 0.5) is 10.1 Å². The lowest BCUT2D eigenvalue weighted by atomic mass is 10.2. The summed E-state index contributed by atoms with van der Waals surface area (Å²) in [6.45, 7) is 1.52. The predicted molar refractivity (Wildman–Crippen MR) is 103 cm³/mol. The van der Waals surface area contributed by atoms with E-state index in [0.717, 1.165) is 0 Å². The highest BCUT2D eigenvalue weighted by Crippen LogP contribution is 2.17. The lowest BCUT2D eigenvalue weighted by Crippen LogP contribution is -2.29. The van der Waals surface area contributed by atoms with E-state index >= 15 is 0 Å². The van der Waals surface area contributed by atoms with Crippen molar-refractivity contribution in [2.24, 2.45) is 0 Å². The Balaban J connectivity index is 1.41. The van der Waals surface area contributed by atoms with Gasteiger partial charge in [0.1, 0.15) is 5.82 Å². The fourth-order valence-corrected chi connectivity index (χ4v) is 2.53. The summed E-state index contributed by atoms with van der Waals surface area (Å²) in [6, 6.07) is 14.7. The molecule has 8 heteroatoms. The summed E-state index contributed by atoms with van der Waals surface area (Å²) in [5.41, 5.74) is 1.27. The van der Waals surface area contributed by atoms with Gasteiger partial charge in [-0.15, -0.1) is 0 Å². The summed E-state index contributed by atoms with van der Waals surface area (Å²) in [5, 5.41) is 6.53. The Morgan fingerprint density at radius 2 is 1.86 bits per heavy atom. The molecular weight excluding hydrogens is 377 g/mol. The van der Waals surface area contributed by atoms with Crippen LogP contribution in [-0.2, 0) is 20.7 Å². The molecule has 0 fully saturated rings. The van der Waals surface area contributed by atoms with Gasteiger partial charge in [-0.25, -0.2) is 4.39 Å². The topological polar surface area (TPSA) is 94.3 Å². The van der Waals surface area contributed by atoms with E-state index < -0.39 is 18.0 Å². The van der Waals surface area contributed by atoms with Crippen molar-refractivity contribution in [2.45, 2.75) is 32.3 Å². The van der Waals surface area contributed by atoms with Crippen LogP contribution in [0, 0.1) is 5.82 Å². The number of nitrogens with one attached hydrogen (secondary N) is 1. The minimum Gasteiger partial charge on any atom is -0.453 e. The third-order valence-corrected chi connectivity index (χ3v) is 4.06. The average Bonchev–Trinajstić information content (AvgIpc) is 3.18. The quantitative estimate of drug-likeness (QED) is 0.582. The first kappa shape index (κ1) is 20.2. The Morgan fingerprint density at radius 1 is 1.14 bits per heavy atom. The number of anilines is 1. The molecule has 1 unspecified atom stereocenters. The van der Waals surface area contributed by atoms with Crippen LogP contribution in [0.25, 0.3) is 11.4 Å². The molecule has 3 aromatic rings. The predicted octanol–water partition coefficient (Wildman–Crippen LogP) is 3.77. The minimum absolute atomic E-state index is 0.108. The van der Waals surface area contributed by atoms with E-state index in [2.05, 4.69) is 15.5 Å². The molecule has 0 bridgehead atoms. The summed E-state index contributed by atoms with van der Waals surface area (Å²) in [4.78, 5) is 28.2. The van der Waals surface area contributed by atoms with E-state index in [1.807, 2.05) is 6.07 Å². The molecule has 1 atom stereocenters. The highest BCUT2D eigenvalue weighted by atomic mass is 19.1. The van der Waals surface area contributed by atoms with Crippen LogP contribution in [0.1, 0.15) is 25.7 Å². The van der Waals surface area contributed by atoms with Gasteiger partial charge >= 0.3 is 5.97 Å². The molecule has 7 nitrogen and oxygen atoms in total. The van der Waals surface area contributed by atoms with Gasteiger partial charge in [-0.2, -0.15) is 4.98 Å². The first-order chi connectivity index (χ1) is 14.0. The van der Waals surface area contributed by atoms with Crippen molar-refractivity contribution < 1.29 is 23.2 Å². The van der Waals surface area contributed by atoms with E-state index in [4.69, 9.17) is 9.26 Å². The van der Waals surface area contributed by atoms with Crippen molar-refractivity contribution in [2.75, 3.05) is 5.32 Å². The average molecular weight is 397 g/mol. The Kier molecular flexibility index (Phi) is 6.67. The second-order valence-electron chi connectivity index (χ2n) is 6.36. The monoisotopic (exact) mass is 397 g/mol.